The Morgan fingerprint density at radius 1 is 1.24 bits per heavy atom. The molecule has 0 unspecified atom stereocenters. The van der Waals surface area contributed by atoms with Gasteiger partial charge in [0.2, 0.25) is 0 Å². The molecule has 2 rings (SSSR count). The molecule has 110 valence electrons. The van der Waals surface area contributed by atoms with Crippen molar-refractivity contribution in [3.05, 3.63) is 52.6 Å². The van der Waals surface area contributed by atoms with Crippen molar-refractivity contribution in [2.75, 3.05) is 11.8 Å². The van der Waals surface area contributed by atoms with Gasteiger partial charge in [-0.3, -0.25) is 4.72 Å². The monoisotopic (exact) mass is 370 g/mol. The topological polar surface area (TPSA) is 85.4 Å². The minimum absolute atomic E-state index is 0.0421. The van der Waals surface area contributed by atoms with Crippen LogP contribution in [0.4, 0.5) is 5.82 Å². The molecule has 0 amide bonds. The number of benzene rings is 1. The average molecular weight is 371 g/mol. The van der Waals surface area contributed by atoms with Gasteiger partial charge in [-0.1, -0.05) is 12.1 Å². The summed E-state index contributed by atoms with van der Waals surface area (Å²) in [4.78, 5) is 15.4. The predicted octanol–water partition coefficient (Wildman–Crippen LogP) is 2.43. The van der Waals surface area contributed by atoms with Crippen molar-refractivity contribution in [2.45, 2.75) is 4.90 Å². The molecule has 1 heterocycles. The van der Waals surface area contributed by atoms with E-state index < -0.39 is 16.0 Å². The molecule has 8 heteroatoms. The number of ether oxygens (including phenoxy) is 1. The van der Waals surface area contributed by atoms with Crippen LogP contribution in [0.1, 0.15) is 10.4 Å². The third kappa shape index (κ3) is 3.40. The van der Waals surface area contributed by atoms with E-state index in [1.807, 2.05) is 0 Å². The molecule has 0 aliphatic carbocycles. The third-order valence-electron chi connectivity index (χ3n) is 2.57. The molecule has 1 N–H and O–H groups in total. The van der Waals surface area contributed by atoms with Crippen molar-refractivity contribution in [1.82, 2.24) is 4.98 Å². The Kier molecular flexibility index (Phi) is 4.59. The smallest absolute Gasteiger partial charge is 0.339 e. The van der Waals surface area contributed by atoms with Gasteiger partial charge in [-0.05, 0) is 40.2 Å². The summed E-state index contributed by atoms with van der Waals surface area (Å²) in [6, 6.07) is 9.09. The molecule has 0 saturated heterocycles. The van der Waals surface area contributed by atoms with Gasteiger partial charge in [0, 0.05) is 6.20 Å². The highest BCUT2D eigenvalue weighted by Gasteiger charge is 2.23. The quantitative estimate of drug-likeness (QED) is 0.835. The second-order valence-electron chi connectivity index (χ2n) is 3.93. The highest BCUT2D eigenvalue weighted by Crippen LogP contribution is 2.24. The number of hydrogen-bond donors (Lipinski definition) is 1. The van der Waals surface area contributed by atoms with Gasteiger partial charge in [0.05, 0.1) is 17.1 Å². The summed E-state index contributed by atoms with van der Waals surface area (Å²) in [6.07, 6.45) is 1.45. The number of rotatable bonds is 4. The van der Waals surface area contributed by atoms with Gasteiger partial charge < -0.3 is 4.74 Å². The summed E-state index contributed by atoms with van der Waals surface area (Å²) >= 11 is 3.20. The van der Waals surface area contributed by atoms with Gasteiger partial charge in [0.15, 0.2) is 5.82 Å². The van der Waals surface area contributed by atoms with Crippen molar-refractivity contribution >= 4 is 37.7 Å². The number of nitrogens with one attached hydrogen (secondary N) is 1. The molecule has 0 radical (unpaired) electrons. The van der Waals surface area contributed by atoms with Crippen molar-refractivity contribution < 1.29 is 17.9 Å². The number of anilines is 1. The van der Waals surface area contributed by atoms with Gasteiger partial charge >= 0.3 is 5.97 Å². The maximum atomic E-state index is 12.4. The first-order valence-electron chi connectivity index (χ1n) is 5.76. The number of hydrogen-bond acceptors (Lipinski definition) is 5. The maximum Gasteiger partial charge on any atom is 0.339 e. The molecule has 0 spiro atoms. The number of esters is 1. The molecule has 6 nitrogen and oxygen atoms in total. The highest BCUT2D eigenvalue weighted by molar-refractivity contribution is 9.10. The van der Waals surface area contributed by atoms with Crippen LogP contribution in [-0.2, 0) is 14.8 Å². The fourth-order valence-corrected chi connectivity index (χ4v) is 3.33. The standard InChI is InChI=1S/C13H11BrN2O4S/c1-20-13(17)9-5-2-3-7-11(9)21(18,19)16-12-10(14)6-4-8-15-12/h2-8H,1H3,(H,15,16). The van der Waals surface area contributed by atoms with Crippen LogP contribution in [0.15, 0.2) is 52.0 Å². The predicted molar refractivity (Wildman–Crippen MR) is 80.5 cm³/mol. The van der Waals surface area contributed by atoms with Crippen LogP contribution in [0.2, 0.25) is 0 Å². The van der Waals surface area contributed by atoms with E-state index in [1.54, 1.807) is 18.2 Å². The number of methoxy groups -OCH3 is 1. The zero-order chi connectivity index (χ0) is 15.5. The Labute approximate surface area is 130 Å². The number of pyridine rings is 1. The molecule has 0 atom stereocenters. The lowest BCUT2D eigenvalue weighted by molar-refractivity contribution is 0.0596. The summed E-state index contributed by atoms with van der Waals surface area (Å²) in [5.41, 5.74) is -0.0421. The molecular weight excluding hydrogens is 360 g/mol. The maximum absolute atomic E-state index is 12.4. The van der Waals surface area contributed by atoms with Gasteiger partial charge in [-0.15, -0.1) is 0 Å². The Hall–Kier alpha value is -1.93. The lowest BCUT2D eigenvalue weighted by Crippen LogP contribution is -2.18. The lowest BCUT2D eigenvalue weighted by atomic mass is 10.2. The van der Waals surface area contributed by atoms with E-state index in [0.717, 1.165) is 0 Å². The third-order valence-corrected chi connectivity index (χ3v) is 4.61. The molecule has 1 aromatic carbocycles. The van der Waals surface area contributed by atoms with Crippen molar-refractivity contribution in [2.24, 2.45) is 0 Å². The lowest BCUT2D eigenvalue weighted by Gasteiger charge is -2.11. The van der Waals surface area contributed by atoms with Gasteiger partial charge in [0.25, 0.3) is 10.0 Å². The molecule has 0 saturated carbocycles. The van der Waals surface area contributed by atoms with Crippen LogP contribution in [0.25, 0.3) is 0 Å². The zero-order valence-electron chi connectivity index (χ0n) is 10.9. The van der Waals surface area contributed by atoms with Crippen LogP contribution in [-0.4, -0.2) is 26.5 Å². The van der Waals surface area contributed by atoms with Crippen molar-refractivity contribution in [3.8, 4) is 0 Å². The van der Waals surface area contributed by atoms with Crippen LogP contribution in [0.3, 0.4) is 0 Å². The van der Waals surface area contributed by atoms with Crippen LogP contribution in [0, 0.1) is 0 Å². The number of sulfonamides is 1. The van der Waals surface area contributed by atoms with Crippen molar-refractivity contribution in [1.29, 1.82) is 0 Å². The van der Waals surface area contributed by atoms with Crippen LogP contribution in [0.5, 0.6) is 0 Å². The molecule has 0 aliphatic heterocycles. The number of nitrogens with zero attached hydrogens (tertiary/aromatic N) is 1. The summed E-state index contributed by atoms with van der Waals surface area (Å²) < 4.78 is 32.2. The fraction of sp³-hybridized carbons (Fsp3) is 0.0769. The first-order valence-corrected chi connectivity index (χ1v) is 8.04. The zero-order valence-corrected chi connectivity index (χ0v) is 13.3. The number of aromatic nitrogens is 1. The average Bonchev–Trinajstić information content (AvgIpc) is 2.48. The summed E-state index contributed by atoms with van der Waals surface area (Å²) in [5.74, 6) is -0.590. The Morgan fingerprint density at radius 3 is 2.62 bits per heavy atom. The Balaban J connectivity index is 2.46. The van der Waals surface area contributed by atoms with E-state index in [4.69, 9.17) is 0 Å². The Bertz CT molecular complexity index is 777. The van der Waals surface area contributed by atoms with E-state index in [2.05, 4.69) is 30.4 Å². The summed E-state index contributed by atoms with van der Waals surface area (Å²) in [7, 11) is -2.78. The van der Waals surface area contributed by atoms with Gasteiger partial charge in [-0.2, -0.15) is 0 Å². The highest BCUT2D eigenvalue weighted by atomic mass is 79.9. The van der Waals surface area contributed by atoms with E-state index in [9.17, 15) is 13.2 Å². The largest absolute Gasteiger partial charge is 0.465 e. The first kappa shape index (κ1) is 15.5. The molecule has 2 aromatic rings. The minimum atomic E-state index is -3.96. The summed E-state index contributed by atoms with van der Waals surface area (Å²) in [6.45, 7) is 0. The Morgan fingerprint density at radius 2 is 1.95 bits per heavy atom. The number of carbonyl (C=O) groups excluding carboxylic acids is 1. The normalized spacial score (nSPS) is 11.0. The molecule has 0 bridgehead atoms. The van der Waals surface area contributed by atoms with E-state index >= 15 is 0 Å². The molecule has 0 fully saturated rings. The molecule has 0 aliphatic rings. The van der Waals surface area contributed by atoms with E-state index in [-0.39, 0.29) is 16.3 Å². The van der Waals surface area contributed by atoms with E-state index in [1.165, 1.54) is 31.5 Å². The molecular formula is C13H11BrN2O4S. The first-order chi connectivity index (χ1) is 9.95. The molecule has 21 heavy (non-hydrogen) atoms. The SMILES string of the molecule is COC(=O)c1ccccc1S(=O)(=O)Nc1ncccc1Br. The van der Waals surface area contributed by atoms with Crippen molar-refractivity contribution in [3.63, 3.8) is 0 Å². The second-order valence-corrected chi connectivity index (χ2v) is 6.43. The molecule has 1 aromatic heterocycles. The number of halogens is 1. The minimum Gasteiger partial charge on any atom is -0.465 e. The van der Waals surface area contributed by atoms with Crippen LogP contribution >= 0.6 is 15.9 Å². The number of carbonyl (C=O) groups is 1. The summed E-state index contributed by atoms with van der Waals surface area (Å²) in [5, 5.41) is 0. The fourth-order valence-electron chi connectivity index (χ4n) is 1.62. The van der Waals surface area contributed by atoms with E-state index in [0.29, 0.717) is 4.47 Å². The van der Waals surface area contributed by atoms with Gasteiger partial charge in [-0.25, -0.2) is 18.2 Å². The second kappa shape index (κ2) is 6.23. The van der Waals surface area contributed by atoms with Crippen LogP contribution < -0.4 is 4.72 Å². The van der Waals surface area contributed by atoms with Gasteiger partial charge in [0.1, 0.15) is 4.90 Å².